The Kier molecular flexibility index (Phi) is 4.95. The van der Waals surface area contributed by atoms with Gasteiger partial charge in [0.1, 0.15) is 0 Å². The number of carbonyl (C=O) groups is 1. The van der Waals surface area contributed by atoms with Crippen LogP contribution in [0.3, 0.4) is 0 Å². The Bertz CT molecular complexity index is 533. The summed E-state index contributed by atoms with van der Waals surface area (Å²) in [5, 5.41) is 2.38. The number of amides is 2. The number of rotatable bonds is 2. The van der Waals surface area contributed by atoms with Crippen LogP contribution in [0.15, 0.2) is 24.3 Å². The van der Waals surface area contributed by atoms with Crippen LogP contribution < -0.4 is 11.1 Å². The van der Waals surface area contributed by atoms with Gasteiger partial charge in [-0.25, -0.2) is 4.79 Å². The number of nitrogens with one attached hydrogen (secondary N) is 1. The molecule has 0 saturated carbocycles. The minimum atomic E-state index is -4.51. The van der Waals surface area contributed by atoms with E-state index in [0.29, 0.717) is 13.1 Å². The lowest BCUT2D eigenvalue weighted by Crippen LogP contribution is -2.52. The largest absolute Gasteiger partial charge is 0.418 e. The molecule has 1 heterocycles. The molecule has 1 fully saturated rings. The minimum absolute atomic E-state index is 0.146. The summed E-state index contributed by atoms with van der Waals surface area (Å²) in [5.74, 6) is 0.238. The highest BCUT2D eigenvalue weighted by molar-refractivity contribution is 5.90. The van der Waals surface area contributed by atoms with Gasteiger partial charge in [0.15, 0.2) is 0 Å². The van der Waals surface area contributed by atoms with Crippen LogP contribution >= 0.6 is 0 Å². The third-order valence-corrected chi connectivity index (χ3v) is 4.09. The number of halogens is 3. The number of likely N-dealkylation sites (tertiary alicyclic amines) is 1. The van der Waals surface area contributed by atoms with Crippen LogP contribution in [0.2, 0.25) is 0 Å². The van der Waals surface area contributed by atoms with E-state index < -0.39 is 17.8 Å². The van der Waals surface area contributed by atoms with Gasteiger partial charge in [-0.15, -0.1) is 0 Å². The van der Waals surface area contributed by atoms with Gasteiger partial charge in [0.2, 0.25) is 0 Å². The van der Waals surface area contributed by atoms with Crippen molar-refractivity contribution in [3.8, 4) is 0 Å². The molecule has 0 spiro atoms. The Labute approximate surface area is 127 Å². The maximum absolute atomic E-state index is 13.0. The second-order valence-corrected chi connectivity index (χ2v) is 5.59. The molecule has 4 nitrogen and oxygen atoms in total. The number of nitrogens with zero attached hydrogens (tertiary/aromatic N) is 1. The molecule has 2 atom stereocenters. The first kappa shape index (κ1) is 16.6. The van der Waals surface area contributed by atoms with Crippen molar-refractivity contribution >= 4 is 11.7 Å². The number of urea groups is 1. The van der Waals surface area contributed by atoms with Gasteiger partial charge in [-0.05, 0) is 30.9 Å². The molecule has 0 aromatic heterocycles. The number of nitrogens with two attached hydrogens (primary N) is 1. The van der Waals surface area contributed by atoms with Gasteiger partial charge in [-0.2, -0.15) is 13.2 Å². The quantitative estimate of drug-likeness (QED) is 0.880. The SMILES string of the molecule is CC1CCCN(C(=O)Nc2ccccc2C(F)(F)F)C1CN. The summed E-state index contributed by atoms with van der Waals surface area (Å²) in [6, 6.07) is 4.29. The molecule has 0 aliphatic carbocycles. The summed E-state index contributed by atoms with van der Waals surface area (Å²) in [6.07, 6.45) is -2.72. The highest BCUT2D eigenvalue weighted by Crippen LogP contribution is 2.35. The van der Waals surface area contributed by atoms with Crippen LogP contribution in [-0.2, 0) is 6.18 Å². The zero-order valence-corrected chi connectivity index (χ0v) is 12.4. The van der Waals surface area contributed by atoms with Crippen LogP contribution in [0.4, 0.5) is 23.7 Å². The van der Waals surface area contributed by atoms with Crippen molar-refractivity contribution in [3.63, 3.8) is 0 Å². The van der Waals surface area contributed by atoms with E-state index >= 15 is 0 Å². The van der Waals surface area contributed by atoms with Gasteiger partial charge in [0, 0.05) is 19.1 Å². The van der Waals surface area contributed by atoms with Crippen molar-refractivity contribution in [2.45, 2.75) is 32.0 Å². The first-order valence-corrected chi connectivity index (χ1v) is 7.28. The molecule has 0 bridgehead atoms. The standard InChI is InChI=1S/C15H20F3N3O/c1-10-5-4-8-21(13(10)9-19)14(22)20-12-7-3-2-6-11(12)15(16,17)18/h2-3,6-7,10,13H,4-5,8-9,19H2,1H3,(H,20,22). The fourth-order valence-electron chi connectivity index (χ4n) is 2.89. The van der Waals surface area contributed by atoms with Crippen LogP contribution in [0, 0.1) is 5.92 Å². The van der Waals surface area contributed by atoms with Crippen LogP contribution in [-0.4, -0.2) is 30.1 Å². The summed E-state index contributed by atoms with van der Waals surface area (Å²) in [5.41, 5.74) is 4.64. The first-order chi connectivity index (χ1) is 10.3. The average molecular weight is 315 g/mol. The van der Waals surface area contributed by atoms with E-state index in [1.165, 1.54) is 18.2 Å². The van der Waals surface area contributed by atoms with E-state index in [1.807, 2.05) is 6.92 Å². The third kappa shape index (κ3) is 3.52. The van der Waals surface area contributed by atoms with Crippen LogP contribution in [0.5, 0.6) is 0 Å². The number of benzene rings is 1. The third-order valence-electron chi connectivity index (χ3n) is 4.09. The lowest BCUT2D eigenvalue weighted by Gasteiger charge is -2.39. The zero-order valence-electron chi connectivity index (χ0n) is 12.4. The zero-order chi connectivity index (χ0) is 16.3. The average Bonchev–Trinajstić information content (AvgIpc) is 2.46. The number of anilines is 1. The summed E-state index contributed by atoms with van der Waals surface area (Å²) in [7, 11) is 0. The number of piperidine rings is 1. The Hall–Kier alpha value is -1.76. The van der Waals surface area contributed by atoms with Gasteiger partial charge in [0.25, 0.3) is 0 Å². The highest BCUT2D eigenvalue weighted by Gasteiger charge is 2.35. The predicted octanol–water partition coefficient (Wildman–Crippen LogP) is 3.30. The molecule has 22 heavy (non-hydrogen) atoms. The van der Waals surface area contributed by atoms with E-state index in [1.54, 1.807) is 4.90 Å². The summed E-state index contributed by atoms with van der Waals surface area (Å²) >= 11 is 0. The molecule has 3 N–H and O–H groups in total. The van der Waals surface area contributed by atoms with E-state index in [4.69, 9.17) is 5.73 Å². The second kappa shape index (κ2) is 6.56. The van der Waals surface area contributed by atoms with Gasteiger partial charge in [-0.1, -0.05) is 19.1 Å². The molecule has 2 rings (SSSR count). The predicted molar refractivity (Wildman–Crippen MR) is 78.4 cm³/mol. The van der Waals surface area contributed by atoms with E-state index in [9.17, 15) is 18.0 Å². The summed E-state index contributed by atoms with van der Waals surface area (Å²) < 4.78 is 38.9. The molecular formula is C15H20F3N3O. The number of alkyl halides is 3. The maximum Gasteiger partial charge on any atom is 0.418 e. The number of para-hydroxylation sites is 1. The van der Waals surface area contributed by atoms with Crippen molar-refractivity contribution < 1.29 is 18.0 Å². The summed E-state index contributed by atoms with van der Waals surface area (Å²) in [4.78, 5) is 13.9. The first-order valence-electron chi connectivity index (χ1n) is 7.28. The smallest absolute Gasteiger partial charge is 0.328 e. The fraction of sp³-hybridized carbons (Fsp3) is 0.533. The van der Waals surface area contributed by atoms with Gasteiger partial charge >= 0.3 is 12.2 Å². The number of carbonyl (C=O) groups excluding carboxylic acids is 1. The Balaban J connectivity index is 2.19. The molecule has 2 unspecified atom stereocenters. The normalized spacial score (nSPS) is 22.5. The Morgan fingerprint density at radius 1 is 1.41 bits per heavy atom. The minimum Gasteiger partial charge on any atom is -0.328 e. The monoisotopic (exact) mass is 315 g/mol. The molecule has 1 aliphatic rings. The van der Waals surface area contributed by atoms with Gasteiger partial charge in [0.05, 0.1) is 11.3 Å². The lowest BCUT2D eigenvalue weighted by atomic mass is 9.91. The molecule has 1 saturated heterocycles. The van der Waals surface area contributed by atoms with Crippen molar-refractivity contribution in [1.82, 2.24) is 4.90 Å². The van der Waals surface area contributed by atoms with E-state index in [0.717, 1.165) is 18.9 Å². The van der Waals surface area contributed by atoms with Crippen molar-refractivity contribution in [1.29, 1.82) is 0 Å². The lowest BCUT2D eigenvalue weighted by molar-refractivity contribution is -0.136. The molecule has 1 aromatic carbocycles. The highest BCUT2D eigenvalue weighted by atomic mass is 19.4. The second-order valence-electron chi connectivity index (χ2n) is 5.59. The molecule has 7 heteroatoms. The molecule has 122 valence electrons. The Morgan fingerprint density at radius 3 is 2.73 bits per heavy atom. The van der Waals surface area contributed by atoms with E-state index in [2.05, 4.69) is 5.32 Å². The van der Waals surface area contributed by atoms with Crippen molar-refractivity contribution in [3.05, 3.63) is 29.8 Å². The molecule has 1 aromatic rings. The Morgan fingerprint density at radius 2 is 2.09 bits per heavy atom. The summed E-state index contributed by atoms with van der Waals surface area (Å²) in [6.45, 7) is 2.81. The van der Waals surface area contributed by atoms with Gasteiger partial charge in [-0.3, -0.25) is 0 Å². The topological polar surface area (TPSA) is 58.4 Å². The van der Waals surface area contributed by atoms with Crippen LogP contribution in [0.1, 0.15) is 25.3 Å². The molecular weight excluding hydrogens is 295 g/mol. The number of hydrogen-bond acceptors (Lipinski definition) is 2. The van der Waals surface area contributed by atoms with Crippen LogP contribution in [0.25, 0.3) is 0 Å². The number of hydrogen-bond donors (Lipinski definition) is 2. The van der Waals surface area contributed by atoms with Crippen molar-refractivity contribution in [2.24, 2.45) is 11.7 Å². The maximum atomic E-state index is 13.0. The van der Waals surface area contributed by atoms with Crippen molar-refractivity contribution in [2.75, 3.05) is 18.4 Å². The fourth-order valence-corrected chi connectivity index (χ4v) is 2.89. The molecule has 0 radical (unpaired) electrons. The van der Waals surface area contributed by atoms with E-state index in [-0.39, 0.29) is 17.6 Å². The molecule has 1 aliphatic heterocycles. The van der Waals surface area contributed by atoms with Gasteiger partial charge < -0.3 is 16.0 Å². The molecule has 2 amide bonds.